The zero-order valence-corrected chi connectivity index (χ0v) is 14.0. The summed E-state index contributed by atoms with van der Waals surface area (Å²) in [7, 11) is 0. The molecule has 3 amide bonds. The predicted molar refractivity (Wildman–Crippen MR) is 88.1 cm³/mol. The van der Waals surface area contributed by atoms with Crippen molar-refractivity contribution >= 4 is 17.7 Å². The van der Waals surface area contributed by atoms with E-state index in [1.807, 2.05) is 20.8 Å². The number of fused-ring (bicyclic) bond motifs is 1. The maximum absolute atomic E-state index is 12.6. The Labute approximate surface area is 137 Å². The predicted octanol–water partition coefficient (Wildman–Crippen LogP) is 2.61. The summed E-state index contributed by atoms with van der Waals surface area (Å²) in [5, 5.41) is 2.86. The van der Waals surface area contributed by atoms with Crippen molar-refractivity contribution < 1.29 is 14.4 Å². The van der Waals surface area contributed by atoms with E-state index in [4.69, 9.17) is 0 Å². The molecule has 0 saturated heterocycles. The van der Waals surface area contributed by atoms with Crippen LogP contribution in [0.3, 0.4) is 0 Å². The Balaban J connectivity index is 2.28. The van der Waals surface area contributed by atoms with Crippen LogP contribution in [0.2, 0.25) is 0 Å². The summed E-state index contributed by atoms with van der Waals surface area (Å²) in [5.74, 6) is -1.09. The Morgan fingerprint density at radius 1 is 1.13 bits per heavy atom. The number of nitrogens with one attached hydrogen (secondary N) is 1. The highest BCUT2D eigenvalue weighted by Gasteiger charge is 2.44. The first-order chi connectivity index (χ1) is 11.0. The number of hydrogen-bond donors (Lipinski definition) is 1. The van der Waals surface area contributed by atoms with Gasteiger partial charge in [0.25, 0.3) is 11.8 Å². The van der Waals surface area contributed by atoms with Crippen LogP contribution in [0, 0.1) is 5.92 Å². The maximum atomic E-state index is 12.6. The smallest absolute Gasteiger partial charge is 0.262 e. The maximum Gasteiger partial charge on any atom is 0.262 e. The lowest BCUT2D eigenvalue weighted by Gasteiger charge is -2.29. The van der Waals surface area contributed by atoms with E-state index in [9.17, 15) is 14.4 Å². The number of rotatable bonds is 7. The lowest BCUT2D eigenvalue weighted by atomic mass is 9.96. The highest BCUT2D eigenvalue weighted by atomic mass is 16.2. The molecule has 1 aliphatic rings. The minimum Gasteiger partial charge on any atom is -0.354 e. The van der Waals surface area contributed by atoms with Crippen molar-refractivity contribution in [2.75, 3.05) is 6.54 Å². The van der Waals surface area contributed by atoms with E-state index in [0.29, 0.717) is 24.1 Å². The van der Waals surface area contributed by atoms with Crippen molar-refractivity contribution in [2.45, 2.75) is 46.1 Å². The summed E-state index contributed by atoms with van der Waals surface area (Å²) in [6, 6.07) is 5.97. The molecule has 0 spiro atoms. The molecule has 0 bridgehead atoms. The average Bonchev–Trinajstić information content (AvgIpc) is 2.81. The third-order valence-electron chi connectivity index (χ3n) is 4.38. The summed E-state index contributed by atoms with van der Waals surface area (Å²) >= 11 is 0. The molecule has 5 heteroatoms. The molecular formula is C18H24N2O3. The molecule has 1 aromatic carbocycles. The molecule has 1 heterocycles. The van der Waals surface area contributed by atoms with Crippen molar-refractivity contribution in [1.29, 1.82) is 0 Å². The number of benzene rings is 1. The Bertz CT molecular complexity index is 577. The number of carbonyl (C=O) groups excluding carboxylic acids is 3. The molecule has 124 valence electrons. The monoisotopic (exact) mass is 316 g/mol. The van der Waals surface area contributed by atoms with Crippen molar-refractivity contribution in [2.24, 2.45) is 5.92 Å². The lowest BCUT2D eigenvalue weighted by molar-refractivity contribution is -0.126. The number of amides is 3. The second-order valence-corrected chi connectivity index (χ2v) is 6.00. The van der Waals surface area contributed by atoms with Gasteiger partial charge < -0.3 is 5.32 Å². The number of hydrogen-bond acceptors (Lipinski definition) is 3. The van der Waals surface area contributed by atoms with Gasteiger partial charge in [-0.3, -0.25) is 19.3 Å². The van der Waals surface area contributed by atoms with Gasteiger partial charge in [0, 0.05) is 6.54 Å². The summed E-state index contributed by atoms with van der Waals surface area (Å²) < 4.78 is 0. The van der Waals surface area contributed by atoms with E-state index in [-0.39, 0.29) is 23.6 Å². The Kier molecular flexibility index (Phi) is 5.53. The SMILES string of the molecule is CCCCNC(=O)C(C(C)CC)N1C(=O)c2ccccc2C1=O. The summed E-state index contributed by atoms with van der Waals surface area (Å²) in [4.78, 5) is 39.0. The van der Waals surface area contributed by atoms with E-state index < -0.39 is 6.04 Å². The van der Waals surface area contributed by atoms with Crippen LogP contribution in [-0.2, 0) is 4.79 Å². The lowest BCUT2D eigenvalue weighted by Crippen LogP contribution is -2.52. The zero-order chi connectivity index (χ0) is 17.0. The quantitative estimate of drug-likeness (QED) is 0.621. The summed E-state index contributed by atoms with van der Waals surface area (Å²) in [6.45, 7) is 6.46. The molecular weight excluding hydrogens is 292 g/mol. The molecule has 5 nitrogen and oxygen atoms in total. The van der Waals surface area contributed by atoms with Gasteiger partial charge in [-0.15, -0.1) is 0 Å². The largest absolute Gasteiger partial charge is 0.354 e. The molecule has 1 N–H and O–H groups in total. The van der Waals surface area contributed by atoms with Crippen LogP contribution >= 0.6 is 0 Å². The first-order valence-electron chi connectivity index (χ1n) is 8.27. The topological polar surface area (TPSA) is 66.5 Å². The minimum atomic E-state index is -0.760. The molecule has 23 heavy (non-hydrogen) atoms. The molecule has 1 aromatic rings. The fourth-order valence-corrected chi connectivity index (χ4v) is 2.81. The fraction of sp³-hybridized carbons (Fsp3) is 0.500. The summed E-state index contributed by atoms with van der Waals surface area (Å²) in [5.41, 5.74) is 0.763. The van der Waals surface area contributed by atoms with Gasteiger partial charge >= 0.3 is 0 Å². The Hall–Kier alpha value is -2.17. The van der Waals surface area contributed by atoms with Gasteiger partial charge in [-0.25, -0.2) is 0 Å². The van der Waals surface area contributed by atoms with Crippen LogP contribution in [0.15, 0.2) is 24.3 Å². The van der Waals surface area contributed by atoms with E-state index >= 15 is 0 Å². The van der Waals surface area contributed by atoms with Gasteiger partial charge in [-0.2, -0.15) is 0 Å². The van der Waals surface area contributed by atoms with Gasteiger partial charge in [-0.05, 0) is 24.5 Å². The zero-order valence-electron chi connectivity index (χ0n) is 14.0. The molecule has 2 rings (SSSR count). The van der Waals surface area contributed by atoms with Crippen molar-refractivity contribution in [3.05, 3.63) is 35.4 Å². The standard InChI is InChI=1S/C18H24N2O3/c1-4-6-11-19-16(21)15(12(3)5-2)20-17(22)13-9-7-8-10-14(13)18(20)23/h7-10,12,15H,4-6,11H2,1-3H3,(H,19,21). The van der Waals surface area contributed by atoms with E-state index in [1.54, 1.807) is 24.3 Å². The van der Waals surface area contributed by atoms with Gasteiger partial charge in [0.2, 0.25) is 5.91 Å². The fourth-order valence-electron chi connectivity index (χ4n) is 2.81. The highest BCUT2D eigenvalue weighted by Crippen LogP contribution is 2.28. The highest BCUT2D eigenvalue weighted by molar-refractivity contribution is 6.22. The third kappa shape index (κ3) is 3.28. The summed E-state index contributed by atoms with van der Waals surface area (Å²) in [6.07, 6.45) is 2.56. The van der Waals surface area contributed by atoms with Crippen LogP contribution in [0.25, 0.3) is 0 Å². The number of unbranched alkanes of at least 4 members (excludes halogenated alkanes) is 1. The van der Waals surface area contributed by atoms with E-state index in [2.05, 4.69) is 5.32 Å². The molecule has 0 aromatic heterocycles. The molecule has 0 fully saturated rings. The first-order valence-corrected chi connectivity index (χ1v) is 8.27. The van der Waals surface area contributed by atoms with Crippen LogP contribution < -0.4 is 5.32 Å². The van der Waals surface area contributed by atoms with Crippen LogP contribution in [0.1, 0.15) is 60.7 Å². The Morgan fingerprint density at radius 3 is 2.17 bits per heavy atom. The number of nitrogens with zero attached hydrogens (tertiary/aromatic N) is 1. The Morgan fingerprint density at radius 2 is 1.70 bits per heavy atom. The third-order valence-corrected chi connectivity index (χ3v) is 4.38. The normalized spacial score (nSPS) is 16.2. The molecule has 2 atom stereocenters. The van der Waals surface area contributed by atoms with Crippen LogP contribution in [-0.4, -0.2) is 35.2 Å². The molecule has 0 radical (unpaired) electrons. The van der Waals surface area contributed by atoms with Crippen molar-refractivity contribution in [3.8, 4) is 0 Å². The molecule has 0 saturated carbocycles. The van der Waals surface area contributed by atoms with Gasteiger partial charge in [0.15, 0.2) is 0 Å². The van der Waals surface area contributed by atoms with E-state index in [0.717, 1.165) is 17.7 Å². The van der Waals surface area contributed by atoms with Gasteiger partial charge in [0.1, 0.15) is 6.04 Å². The van der Waals surface area contributed by atoms with Crippen molar-refractivity contribution in [1.82, 2.24) is 10.2 Å². The first kappa shape index (κ1) is 17.2. The second-order valence-electron chi connectivity index (χ2n) is 6.00. The van der Waals surface area contributed by atoms with E-state index in [1.165, 1.54) is 0 Å². The number of carbonyl (C=O) groups is 3. The second kappa shape index (κ2) is 7.40. The average molecular weight is 316 g/mol. The van der Waals surface area contributed by atoms with Crippen LogP contribution in [0.4, 0.5) is 0 Å². The minimum absolute atomic E-state index is 0.0983. The molecule has 2 unspecified atom stereocenters. The molecule has 0 aliphatic carbocycles. The van der Waals surface area contributed by atoms with Gasteiger partial charge in [-0.1, -0.05) is 45.7 Å². The van der Waals surface area contributed by atoms with Crippen LogP contribution in [0.5, 0.6) is 0 Å². The van der Waals surface area contributed by atoms with Crippen molar-refractivity contribution in [3.63, 3.8) is 0 Å². The van der Waals surface area contributed by atoms with Gasteiger partial charge in [0.05, 0.1) is 11.1 Å². The number of imide groups is 1. The molecule has 1 aliphatic heterocycles.